The molecule has 0 aromatic heterocycles. The molecule has 2 fully saturated rings. The first-order chi connectivity index (χ1) is 22.4. The van der Waals surface area contributed by atoms with E-state index in [2.05, 4.69) is 10.6 Å². The number of hydrogen-bond acceptors (Lipinski definition) is 7. The number of nitrogens with one attached hydrogen (secondary N) is 2. The van der Waals surface area contributed by atoms with Gasteiger partial charge in [-0.2, -0.15) is 0 Å². The molecular weight excluding hydrogens is 629 g/mol. The van der Waals surface area contributed by atoms with E-state index in [1.54, 1.807) is 49.6 Å². The smallest absolute Gasteiger partial charge is 0.251 e. The number of para-hydroxylation sites is 1. The zero-order valence-corrected chi connectivity index (χ0v) is 27.5. The van der Waals surface area contributed by atoms with Crippen LogP contribution in [0.25, 0.3) is 0 Å². The summed E-state index contributed by atoms with van der Waals surface area (Å²) >= 11 is 12.3. The summed E-state index contributed by atoms with van der Waals surface area (Å²) in [4.78, 5) is 29.3. The number of amides is 2. The molecule has 1 aliphatic carbocycles. The maximum absolute atomic E-state index is 14.0. The van der Waals surface area contributed by atoms with Gasteiger partial charge in [-0.05, 0) is 79.9 Å². The average molecular weight is 671 g/mol. The third-order valence-electron chi connectivity index (χ3n) is 8.03. The quantitative estimate of drug-likeness (QED) is 0.187. The molecule has 1 saturated carbocycles. The molecule has 2 N–H and O–H groups in total. The van der Waals surface area contributed by atoms with E-state index in [4.69, 9.17) is 42.1 Å². The van der Waals surface area contributed by atoms with E-state index in [9.17, 15) is 9.59 Å². The molecule has 0 radical (unpaired) electrons. The number of ether oxygens (including phenoxy) is 4. The molecule has 2 amide bonds. The fourth-order valence-electron chi connectivity index (χ4n) is 5.48. The van der Waals surface area contributed by atoms with E-state index in [0.29, 0.717) is 59.8 Å². The SMILES string of the molecule is COCCCOc1cccc(CN(C(=O)C2CNCCC2NC(=O)c2ccc(OCCOc3c(Cl)cccc3Cl)cc2)C2CC2)c1. The van der Waals surface area contributed by atoms with E-state index in [1.807, 2.05) is 29.2 Å². The first-order valence-electron chi connectivity index (χ1n) is 15.8. The van der Waals surface area contributed by atoms with Crippen LogP contribution < -0.4 is 24.8 Å². The molecular formula is C35H41Cl2N3O6. The Kier molecular flexibility index (Phi) is 12.4. The summed E-state index contributed by atoms with van der Waals surface area (Å²) in [5.41, 5.74) is 1.52. The lowest BCUT2D eigenvalue weighted by atomic mass is 9.91. The van der Waals surface area contributed by atoms with Crippen molar-refractivity contribution in [3.63, 3.8) is 0 Å². The molecule has 9 nitrogen and oxygen atoms in total. The summed E-state index contributed by atoms with van der Waals surface area (Å²) in [6, 6.07) is 20.0. The average Bonchev–Trinajstić information content (AvgIpc) is 3.91. The normalized spacial score (nSPS) is 17.6. The number of piperidine rings is 1. The molecule has 11 heteroatoms. The van der Waals surface area contributed by atoms with E-state index in [1.165, 1.54) is 0 Å². The van der Waals surface area contributed by atoms with E-state index in [0.717, 1.165) is 37.1 Å². The Morgan fingerprint density at radius 3 is 2.33 bits per heavy atom. The molecule has 46 heavy (non-hydrogen) atoms. The number of hydrogen-bond donors (Lipinski definition) is 2. The van der Waals surface area contributed by atoms with Gasteiger partial charge in [0, 0.05) is 50.9 Å². The molecule has 3 aromatic carbocycles. The van der Waals surface area contributed by atoms with Crippen molar-refractivity contribution in [2.75, 3.05) is 46.6 Å². The third-order valence-corrected chi connectivity index (χ3v) is 8.63. The van der Waals surface area contributed by atoms with Gasteiger partial charge in [0.1, 0.15) is 24.7 Å². The summed E-state index contributed by atoms with van der Waals surface area (Å²) in [6.45, 7) is 3.50. The Hall–Kier alpha value is -3.50. The minimum Gasteiger partial charge on any atom is -0.493 e. The Labute approximate surface area is 280 Å². The number of halogens is 2. The molecule has 1 heterocycles. The zero-order chi connectivity index (χ0) is 32.3. The number of benzene rings is 3. The first kappa shape index (κ1) is 33.9. The maximum Gasteiger partial charge on any atom is 0.251 e. The second kappa shape index (κ2) is 16.9. The summed E-state index contributed by atoms with van der Waals surface area (Å²) in [5.74, 6) is 1.29. The van der Waals surface area contributed by atoms with Crippen LogP contribution in [0, 0.1) is 5.92 Å². The van der Waals surface area contributed by atoms with Crippen LogP contribution in [0.5, 0.6) is 17.2 Å². The lowest BCUT2D eigenvalue weighted by Gasteiger charge is -2.36. The Morgan fingerprint density at radius 1 is 0.870 bits per heavy atom. The van der Waals surface area contributed by atoms with Crippen LogP contribution >= 0.6 is 23.2 Å². The van der Waals surface area contributed by atoms with Crippen molar-refractivity contribution in [3.8, 4) is 17.2 Å². The molecule has 0 bridgehead atoms. The summed E-state index contributed by atoms with van der Waals surface area (Å²) in [5, 5.41) is 7.37. The van der Waals surface area contributed by atoms with Crippen molar-refractivity contribution < 1.29 is 28.5 Å². The predicted molar refractivity (Wildman–Crippen MR) is 178 cm³/mol. The van der Waals surface area contributed by atoms with Gasteiger partial charge in [-0.1, -0.05) is 41.4 Å². The van der Waals surface area contributed by atoms with Crippen molar-refractivity contribution in [2.24, 2.45) is 5.92 Å². The molecule has 0 spiro atoms. The van der Waals surface area contributed by atoms with E-state index < -0.39 is 0 Å². The molecule has 2 unspecified atom stereocenters. The fraction of sp³-hybridized carbons (Fsp3) is 0.429. The Bertz CT molecular complexity index is 1430. The fourth-order valence-corrected chi connectivity index (χ4v) is 5.98. The number of carbonyl (C=O) groups is 2. The highest BCUT2D eigenvalue weighted by molar-refractivity contribution is 6.37. The second-order valence-electron chi connectivity index (χ2n) is 11.5. The molecule has 3 aromatic rings. The lowest BCUT2D eigenvalue weighted by molar-refractivity contribution is -0.138. The Morgan fingerprint density at radius 2 is 1.59 bits per heavy atom. The van der Waals surface area contributed by atoms with Crippen molar-refractivity contribution in [1.82, 2.24) is 15.5 Å². The highest BCUT2D eigenvalue weighted by atomic mass is 35.5. The molecule has 2 aliphatic rings. The number of methoxy groups -OCH3 is 1. The summed E-state index contributed by atoms with van der Waals surface area (Å²) in [7, 11) is 1.68. The first-order valence-corrected chi connectivity index (χ1v) is 16.5. The minimum absolute atomic E-state index is 0.0652. The highest BCUT2D eigenvalue weighted by Gasteiger charge is 2.40. The van der Waals surface area contributed by atoms with Crippen LogP contribution in [0.3, 0.4) is 0 Å². The summed E-state index contributed by atoms with van der Waals surface area (Å²) < 4.78 is 22.4. The largest absolute Gasteiger partial charge is 0.493 e. The van der Waals surface area contributed by atoms with Crippen molar-refractivity contribution in [3.05, 3.63) is 87.9 Å². The van der Waals surface area contributed by atoms with Gasteiger partial charge in [-0.3, -0.25) is 9.59 Å². The van der Waals surface area contributed by atoms with Gasteiger partial charge >= 0.3 is 0 Å². The van der Waals surface area contributed by atoms with Gasteiger partial charge in [0.25, 0.3) is 5.91 Å². The van der Waals surface area contributed by atoms with Gasteiger partial charge in [-0.25, -0.2) is 0 Å². The van der Waals surface area contributed by atoms with Crippen LogP contribution in [0.1, 0.15) is 41.6 Å². The zero-order valence-electron chi connectivity index (χ0n) is 26.0. The monoisotopic (exact) mass is 669 g/mol. The van der Waals surface area contributed by atoms with Crippen LogP contribution in [0.2, 0.25) is 10.0 Å². The van der Waals surface area contributed by atoms with Gasteiger partial charge in [-0.15, -0.1) is 0 Å². The van der Waals surface area contributed by atoms with Crippen molar-refractivity contribution in [2.45, 2.75) is 44.3 Å². The van der Waals surface area contributed by atoms with Gasteiger partial charge < -0.3 is 34.5 Å². The highest BCUT2D eigenvalue weighted by Crippen LogP contribution is 2.33. The van der Waals surface area contributed by atoms with Gasteiger partial charge in [0.05, 0.1) is 22.6 Å². The minimum atomic E-state index is -0.360. The Balaban J connectivity index is 1.14. The van der Waals surface area contributed by atoms with Crippen LogP contribution in [-0.2, 0) is 16.1 Å². The van der Waals surface area contributed by atoms with E-state index >= 15 is 0 Å². The van der Waals surface area contributed by atoms with Gasteiger partial charge in [0.2, 0.25) is 5.91 Å². The molecule has 1 saturated heterocycles. The topological polar surface area (TPSA) is 98.4 Å². The predicted octanol–water partition coefficient (Wildman–Crippen LogP) is 5.77. The van der Waals surface area contributed by atoms with Gasteiger partial charge in [0.15, 0.2) is 5.75 Å². The van der Waals surface area contributed by atoms with E-state index in [-0.39, 0.29) is 43.0 Å². The number of nitrogens with zero attached hydrogens (tertiary/aromatic N) is 1. The van der Waals surface area contributed by atoms with Crippen LogP contribution in [-0.4, -0.2) is 75.4 Å². The second-order valence-corrected chi connectivity index (χ2v) is 12.3. The van der Waals surface area contributed by atoms with Crippen molar-refractivity contribution >= 4 is 35.0 Å². The molecule has 1 aliphatic heterocycles. The van der Waals surface area contributed by atoms with Crippen LogP contribution in [0.15, 0.2) is 66.7 Å². The summed E-state index contributed by atoms with van der Waals surface area (Å²) in [6.07, 6.45) is 3.46. The molecule has 246 valence electrons. The number of carbonyl (C=O) groups excluding carboxylic acids is 2. The van der Waals surface area contributed by atoms with Crippen LogP contribution in [0.4, 0.5) is 0 Å². The lowest BCUT2D eigenvalue weighted by Crippen LogP contribution is -2.55. The number of rotatable bonds is 16. The molecule has 5 rings (SSSR count). The third kappa shape index (κ3) is 9.51. The standard InChI is InChI=1S/C35H41Cl2N3O6/c1-43-17-4-18-44-28-6-2-5-24(21-28)23-40(26-11-12-26)35(42)29-22-38-16-15-32(29)39-34(41)25-9-13-27(14-10-25)45-19-20-46-33-30(36)7-3-8-31(33)37/h2-3,5-10,13-14,21,26,29,32,38H,4,11-12,15-20,22-23H2,1H3,(H,39,41). The molecule has 2 atom stereocenters. The maximum atomic E-state index is 14.0. The van der Waals surface area contributed by atoms with Crippen molar-refractivity contribution in [1.29, 1.82) is 0 Å².